The number of nitrogens with zero attached hydrogens (tertiary/aromatic N) is 2. The van der Waals surface area contributed by atoms with E-state index in [9.17, 15) is 19.8 Å². The van der Waals surface area contributed by atoms with Crippen LogP contribution in [0.4, 0.5) is 0 Å². The van der Waals surface area contributed by atoms with Crippen LogP contribution in [0, 0.1) is 0 Å². The van der Waals surface area contributed by atoms with E-state index in [4.69, 9.17) is 9.47 Å². The minimum absolute atomic E-state index is 0.0451. The zero-order valence-electron chi connectivity index (χ0n) is 20.2. The van der Waals surface area contributed by atoms with Crippen LogP contribution in [-0.2, 0) is 16.1 Å². The summed E-state index contributed by atoms with van der Waals surface area (Å²) in [5.74, 6) is -1.07. The molecule has 0 unspecified atom stereocenters. The van der Waals surface area contributed by atoms with Gasteiger partial charge in [-0.3, -0.25) is 14.6 Å². The summed E-state index contributed by atoms with van der Waals surface area (Å²) in [6.07, 6.45) is 5.18. The molecule has 1 aliphatic rings. The Labute approximate surface area is 209 Å². The van der Waals surface area contributed by atoms with Crippen molar-refractivity contribution >= 4 is 17.4 Å². The molecule has 1 amide bonds. The molecule has 3 aromatic rings. The van der Waals surface area contributed by atoms with Gasteiger partial charge in [-0.25, -0.2) is 0 Å². The van der Waals surface area contributed by atoms with Gasteiger partial charge < -0.3 is 24.6 Å². The first kappa shape index (κ1) is 24.8. The van der Waals surface area contributed by atoms with Gasteiger partial charge >= 0.3 is 0 Å². The van der Waals surface area contributed by atoms with Crippen molar-refractivity contribution in [2.24, 2.45) is 0 Å². The molecule has 8 heteroatoms. The molecule has 36 heavy (non-hydrogen) atoms. The molecule has 1 aliphatic heterocycles. The lowest BCUT2D eigenvalue weighted by Gasteiger charge is -2.25. The molecule has 1 atom stereocenters. The Hall–Kier alpha value is -4.33. The lowest BCUT2D eigenvalue weighted by atomic mass is 9.95. The zero-order valence-corrected chi connectivity index (χ0v) is 20.2. The number of aliphatic hydroxyl groups excluding tert-OH is 1. The van der Waals surface area contributed by atoms with E-state index in [0.29, 0.717) is 23.5 Å². The van der Waals surface area contributed by atoms with Gasteiger partial charge in [0.2, 0.25) is 0 Å². The Morgan fingerprint density at radius 3 is 2.56 bits per heavy atom. The fraction of sp³-hybridized carbons (Fsp3) is 0.250. The molecule has 0 radical (unpaired) electrons. The van der Waals surface area contributed by atoms with Crippen molar-refractivity contribution in [2.45, 2.75) is 32.4 Å². The number of Topliss-reactive ketones (excluding diaryl/α,β-unsaturated/α-hetero) is 1. The van der Waals surface area contributed by atoms with E-state index in [-0.39, 0.29) is 29.4 Å². The molecule has 0 aliphatic carbocycles. The number of hydrogen-bond donors (Lipinski definition) is 2. The number of phenolic OH excluding ortho intramolecular Hbond substituents is 1. The van der Waals surface area contributed by atoms with Crippen LogP contribution in [0.15, 0.2) is 72.6 Å². The van der Waals surface area contributed by atoms with E-state index in [1.165, 1.54) is 18.1 Å². The van der Waals surface area contributed by atoms with Crippen LogP contribution in [-0.4, -0.2) is 45.5 Å². The Morgan fingerprint density at radius 1 is 1.11 bits per heavy atom. The molecular weight excluding hydrogens is 460 g/mol. The first-order valence-corrected chi connectivity index (χ1v) is 11.7. The van der Waals surface area contributed by atoms with Crippen LogP contribution >= 0.6 is 0 Å². The normalized spacial score (nSPS) is 16.8. The molecule has 1 aromatic heterocycles. The van der Waals surface area contributed by atoms with Gasteiger partial charge in [0.15, 0.2) is 11.5 Å². The van der Waals surface area contributed by atoms with Crippen molar-refractivity contribution in [1.82, 2.24) is 9.88 Å². The molecule has 0 saturated carbocycles. The number of ketones is 1. The maximum Gasteiger partial charge on any atom is 0.295 e. The summed E-state index contributed by atoms with van der Waals surface area (Å²) >= 11 is 0. The van der Waals surface area contributed by atoms with Crippen molar-refractivity contribution in [3.8, 4) is 17.2 Å². The fourth-order valence-corrected chi connectivity index (χ4v) is 4.14. The van der Waals surface area contributed by atoms with Gasteiger partial charge in [0, 0.05) is 24.5 Å². The molecule has 0 spiro atoms. The van der Waals surface area contributed by atoms with Gasteiger partial charge in [0.05, 0.1) is 25.3 Å². The number of aromatic nitrogens is 1. The number of aliphatic hydroxyl groups is 1. The standard InChI is InChI=1S/C28H28N2O6/c1-3-4-14-36-21-10-7-19(8-11-21)26(32)24-25(20-9-12-22(31)23(15-20)35-2)30(28(34)27(24)33)17-18-6-5-13-29-16-18/h5-13,15-16,25,31-32H,3-4,14,17H2,1-2H3/b26-24+/t25-/m1/s1. The van der Waals surface area contributed by atoms with Crippen molar-refractivity contribution in [2.75, 3.05) is 13.7 Å². The summed E-state index contributed by atoms with van der Waals surface area (Å²) in [6, 6.07) is 14.0. The number of ether oxygens (including phenoxy) is 2. The maximum absolute atomic E-state index is 13.2. The predicted molar refractivity (Wildman–Crippen MR) is 134 cm³/mol. The average Bonchev–Trinajstić information content (AvgIpc) is 3.14. The molecule has 1 saturated heterocycles. The number of benzene rings is 2. The highest BCUT2D eigenvalue weighted by atomic mass is 16.5. The number of carbonyl (C=O) groups is 2. The second-order valence-electron chi connectivity index (χ2n) is 8.45. The minimum atomic E-state index is -0.903. The molecule has 2 heterocycles. The van der Waals surface area contributed by atoms with Crippen LogP contribution in [0.1, 0.15) is 42.5 Å². The van der Waals surface area contributed by atoms with Crippen molar-refractivity contribution < 1.29 is 29.3 Å². The number of pyridine rings is 1. The third-order valence-corrected chi connectivity index (χ3v) is 6.03. The number of phenols is 1. The highest BCUT2D eigenvalue weighted by Crippen LogP contribution is 2.42. The summed E-state index contributed by atoms with van der Waals surface area (Å²) in [6.45, 7) is 2.77. The Balaban J connectivity index is 1.78. The smallest absolute Gasteiger partial charge is 0.295 e. The highest BCUT2D eigenvalue weighted by Gasteiger charge is 2.46. The molecule has 0 bridgehead atoms. The van der Waals surface area contributed by atoms with Crippen LogP contribution in [0.5, 0.6) is 17.2 Å². The van der Waals surface area contributed by atoms with Crippen molar-refractivity contribution in [3.63, 3.8) is 0 Å². The van der Waals surface area contributed by atoms with E-state index in [1.807, 2.05) is 0 Å². The zero-order chi connectivity index (χ0) is 25.7. The van der Waals surface area contributed by atoms with Gasteiger partial charge in [0.25, 0.3) is 11.7 Å². The van der Waals surface area contributed by atoms with E-state index in [1.54, 1.807) is 60.9 Å². The second-order valence-corrected chi connectivity index (χ2v) is 8.45. The minimum Gasteiger partial charge on any atom is -0.507 e. The summed E-state index contributed by atoms with van der Waals surface area (Å²) in [4.78, 5) is 31.9. The van der Waals surface area contributed by atoms with Gasteiger partial charge in [-0.2, -0.15) is 0 Å². The summed E-state index contributed by atoms with van der Waals surface area (Å²) in [7, 11) is 1.41. The topological polar surface area (TPSA) is 109 Å². The first-order chi connectivity index (χ1) is 17.4. The number of unbranched alkanes of at least 4 members (excludes halogenated alkanes) is 1. The van der Waals surface area contributed by atoms with Gasteiger partial charge in [-0.1, -0.05) is 25.5 Å². The number of carbonyl (C=O) groups excluding carboxylic acids is 2. The molecular formula is C28H28N2O6. The van der Waals surface area contributed by atoms with Crippen LogP contribution in [0.2, 0.25) is 0 Å². The lowest BCUT2D eigenvalue weighted by molar-refractivity contribution is -0.140. The number of aromatic hydroxyl groups is 1. The Bertz CT molecular complexity index is 1270. The van der Waals surface area contributed by atoms with E-state index >= 15 is 0 Å². The number of hydrogen-bond acceptors (Lipinski definition) is 7. The van der Waals surface area contributed by atoms with E-state index in [2.05, 4.69) is 11.9 Å². The molecule has 186 valence electrons. The Morgan fingerprint density at radius 2 is 1.89 bits per heavy atom. The summed E-state index contributed by atoms with van der Waals surface area (Å²) in [5, 5.41) is 21.3. The molecule has 8 nitrogen and oxygen atoms in total. The van der Waals surface area contributed by atoms with E-state index in [0.717, 1.165) is 18.4 Å². The molecule has 2 N–H and O–H groups in total. The van der Waals surface area contributed by atoms with Crippen molar-refractivity contribution in [3.05, 3.63) is 89.3 Å². The highest BCUT2D eigenvalue weighted by molar-refractivity contribution is 6.46. The van der Waals surface area contributed by atoms with Crippen molar-refractivity contribution in [1.29, 1.82) is 0 Å². The summed E-state index contributed by atoms with van der Waals surface area (Å²) in [5.41, 5.74) is 1.57. The molecule has 4 rings (SSSR count). The quantitative estimate of drug-likeness (QED) is 0.196. The van der Waals surface area contributed by atoms with Crippen LogP contribution < -0.4 is 9.47 Å². The molecule has 1 fully saturated rings. The van der Waals surface area contributed by atoms with Gasteiger partial charge in [-0.15, -0.1) is 0 Å². The number of amides is 1. The Kier molecular flexibility index (Phi) is 7.53. The molecule has 2 aromatic carbocycles. The SMILES string of the molecule is CCCCOc1ccc(/C(O)=C2\C(=O)C(=O)N(Cc3cccnc3)[C@@H]2c2ccc(O)c(OC)c2)cc1. The third-order valence-electron chi connectivity index (χ3n) is 6.03. The number of methoxy groups -OCH3 is 1. The predicted octanol–water partition coefficient (Wildman–Crippen LogP) is 4.60. The number of likely N-dealkylation sites (tertiary alicyclic amines) is 1. The van der Waals surface area contributed by atoms with E-state index < -0.39 is 17.7 Å². The maximum atomic E-state index is 13.2. The average molecular weight is 489 g/mol. The fourth-order valence-electron chi connectivity index (χ4n) is 4.14. The van der Waals surface area contributed by atoms with Crippen LogP contribution in [0.25, 0.3) is 5.76 Å². The van der Waals surface area contributed by atoms with Crippen LogP contribution in [0.3, 0.4) is 0 Å². The third kappa shape index (κ3) is 5.02. The summed E-state index contributed by atoms with van der Waals surface area (Å²) < 4.78 is 10.9. The largest absolute Gasteiger partial charge is 0.507 e. The van der Waals surface area contributed by atoms with Gasteiger partial charge in [0.1, 0.15) is 11.5 Å². The first-order valence-electron chi connectivity index (χ1n) is 11.7. The second kappa shape index (κ2) is 10.9. The number of rotatable bonds is 9. The lowest BCUT2D eigenvalue weighted by Crippen LogP contribution is -2.29. The van der Waals surface area contributed by atoms with Gasteiger partial charge in [-0.05, 0) is 60.0 Å². The monoisotopic (exact) mass is 488 g/mol.